The molecule has 0 aliphatic rings. The van der Waals surface area contributed by atoms with Crippen molar-refractivity contribution < 1.29 is 0 Å². The number of thiazole rings is 1. The molecule has 110 valence electrons. The van der Waals surface area contributed by atoms with Crippen molar-refractivity contribution >= 4 is 28.6 Å². The molecule has 0 aliphatic carbocycles. The fourth-order valence-corrected chi connectivity index (χ4v) is 2.90. The van der Waals surface area contributed by atoms with Gasteiger partial charge in [0, 0.05) is 43.0 Å². The smallest absolute Gasteiger partial charge is 0.180 e. The summed E-state index contributed by atoms with van der Waals surface area (Å²) in [5, 5.41) is 9.81. The third-order valence-corrected chi connectivity index (χ3v) is 4.06. The molecule has 0 aliphatic heterocycles. The summed E-state index contributed by atoms with van der Waals surface area (Å²) >= 11 is 1.70. The van der Waals surface area contributed by atoms with Crippen LogP contribution in [-0.4, -0.2) is 32.4 Å². The van der Waals surface area contributed by atoms with E-state index >= 15 is 0 Å². The predicted molar refractivity (Wildman–Crippen MR) is 86.2 cm³/mol. The number of nitrogens with one attached hydrogen (secondary N) is 2. The van der Waals surface area contributed by atoms with Gasteiger partial charge in [0.2, 0.25) is 0 Å². The van der Waals surface area contributed by atoms with E-state index in [1.54, 1.807) is 17.5 Å². The monoisotopic (exact) mass is 302 g/mol. The Morgan fingerprint density at radius 3 is 2.95 bits per heavy atom. The Balaban J connectivity index is 1.74. The molecule has 2 N–H and O–H groups in total. The average Bonchev–Trinajstić information content (AvgIpc) is 3.08. The molecule has 0 bridgehead atoms. The molecule has 3 aromatic rings. The van der Waals surface area contributed by atoms with Crippen LogP contribution in [0.15, 0.2) is 24.0 Å². The minimum atomic E-state index is 0.790. The highest BCUT2D eigenvalue weighted by molar-refractivity contribution is 7.09. The second-order valence-corrected chi connectivity index (χ2v) is 5.67. The van der Waals surface area contributed by atoms with Gasteiger partial charge < -0.3 is 15.0 Å². The van der Waals surface area contributed by atoms with E-state index in [-0.39, 0.29) is 0 Å². The largest absolute Gasteiger partial charge is 0.369 e. The summed E-state index contributed by atoms with van der Waals surface area (Å²) in [6, 6.07) is 0. The van der Waals surface area contributed by atoms with Crippen LogP contribution in [0.1, 0.15) is 17.6 Å². The molecule has 7 heteroatoms. The van der Waals surface area contributed by atoms with Gasteiger partial charge in [-0.05, 0) is 13.8 Å². The highest BCUT2D eigenvalue weighted by Gasteiger charge is 2.07. The molecule has 0 aromatic carbocycles. The van der Waals surface area contributed by atoms with Crippen LogP contribution in [0.3, 0.4) is 0 Å². The molecule has 0 saturated heterocycles. The number of rotatable bonds is 6. The van der Waals surface area contributed by atoms with Gasteiger partial charge in [-0.2, -0.15) is 0 Å². The van der Waals surface area contributed by atoms with Gasteiger partial charge >= 0.3 is 0 Å². The van der Waals surface area contributed by atoms with Gasteiger partial charge in [-0.3, -0.25) is 0 Å². The van der Waals surface area contributed by atoms with Gasteiger partial charge in [-0.15, -0.1) is 11.3 Å². The van der Waals surface area contributed by atoms with Gasteiger partial charge in [0.15, 0.2) is 11.5 Å². The van der Waals surface area contributed by atoms with Crippen molar-refractivity contribution in [3.63, 3.8) is 0 Å². The van der Waals surface area contributed by atoms with Crippen LogP contribution >= 0.6 is 11.3 Å². The molecule has 0 spiro atoms. The second kappa shape index (κ2) is 6.09. The molecule has 6 nitrogen and oxygen atoms in total. The Kier molecular flexibility index (Phi) is 4.01. The van der Waals surface area contributed by atoms with Crippen molar-refractivity contribution in [3.05, 3.63) is 34.7 Å². The van der Waals surface area contributed by atoms with Gasteiger partial charge in [0.05, 0.1) is 11.2 Å². The van der Waals surface area contributed by atoms with E-state index in [0.717, 1.165) is 47.5 Å². The lowest BCUT2D eigenvalue weighted by Crippen LogP contribution is -2.10. The Morgan fingerprint density at radius 1 is 1.29 bits per heavy atom. The zero-order valence-electron chi connectivity index (χ0n) is 12.1. The summed E-state index contributed by atoms with van der Waals surface area (Å²) in [4.78, 5) is 13.4. The molecule has 3 heterocycles. The summed E-state index contributed by atoms with van der Waals surface area (Å²) in [5.41, 5.74) is 1.92. The van der Waals surface area contributed by atoms with Crippen LogP contribution in [0.5, 0.6) is 0 Å². The number of hydrogen-bond donors (Lipinski definition) is 2. The van der Waals surface area contributed by atoms with E-state index in [9.17, 15) is 0 Å². The zero-order valence-corrected chi connectivity index (χ0v) is 12.9. The molecule has 0 saturated carbocycles. The van der Waals surface area contributed by atoms with Crippen LogP contribution in [0.2, 0.25) is 0 Å². The van der Waals surface area contributed by atoms with E-state index in [1.165, 1.54) is 0 Å². The number of fused-ring (bicyclic) bond motifs is 1. The van der Waals surface area contributed by atoms with Crippen molar-refractivity contribution in [3.8, 4) is 0 Å². The standard InChI is InChI=1S/C14H18N6S/c1-3-15-11-8-20-7-6-17-14(20)13(19-11)16-5-4-12-18-10(2)9-21-12/h6-9,15H,3-5H2,1-2H3,(H,16,19). The molecule has 0 unspecified atom stereocenters. The molecule has 0 radical (unpaired) electrons. The van der Waals surface area contributed by atoms with E-state index in [1.807, 2.05) is 23.7 Å². The van der Waals surface area contributed by atoms with Crippen LogP contribution in [0, 0.1) is 6.92 Å². The van der Waals surface area contributed by atoms with Crippen LogP contribution in [0.25, 0.3) is 5.65 Å². The second-order valence-electron chi connectivity index (χ2n) is 4.72. The van der Waals surface area contributed by atoms with E-state index in [4.69, 9.17) is 0 Å². The maximum absolute atomic E-state index is 4.58. The lowest BCUT2D eigenvalue weighted by molar-refractivity contribution is 0.971. The number of anilines is 2. The first-order valence-electron chi connectivity index (χ1n) is 6.98. The predicted octanol–water partition coefficient (Wildman–Crippen LogP) is 2.58. The summed E-state index contributed by atoms with van der Waals surface area (Å²) in [6.45, 7) is 5.70. The molecule has 0 amide bonds. The summed E-state index contributed by atoms with van der Waals surface area (Å²) in [7, 11) is 0. The third-order valence-electron chi connectivity index (χ3n) is 3.03. The van der Waals surface area contributed by atoms with Gasteiger partial charge in [0.25, 0.3) is 0 Å². The Hall–Kier alpha value is -2.15. The molecular formula is C14H18N6S. The van der Waals surface area contributed by atoms with Crippen LogP contribution in [-0.2, 0) is 6.42 Å². The first-order valence-corrected chi connectivity index (χ1v) is 7.86. The van der Waals surface area contributed by atoms with Crippen molar-refractivity contribution in [1.82, 2.24) is 19.4 Å². The Bertz CT molecular complexity index is 732. The number of nitrogens with zero attached hydrogens (tertiary/aromatic N) is 4. The van der Waals surface area contributed by atoms with E-state index in [0.29, 0.717) is 0 Å². The van der Waals surface area contributed by atoms with Crippen molar-refractivity contribution in [1.29, 1.82) is 0 Å². The van der Waals surface area contributed by atoms with Crippen LogP contribution in [0.4, 0.5) is 11.6 Å². The number of aryl methyl sites for hydroxylation is 1. The minimum Gasteiger partial charge on any atom is -0.369 e. The average molecular weight is 302 g/mol. The lowest BCUT2D eigenvalue weighted by Gasteiger charge is -2.09. The molecule has 3 aromatic heterocycles. The van der Waals surface area contributed by atoms with Crippen LogP contribution < -0.4 is 10.6 Å². The normalized spacial score (nSPS) is 11.0. The third kappa shape index (κ3) is 3.13. The topological polar surface area (TPSA) is 67.1 Å². The van der Waals surface area contributed by atoms with Crippen molar-refractivity contribution in [2.75, 3.05) is 23.7 Å². The minimum absolute atomic E-state index is 0.790. The maximum atomic E-state index is 4.58. The number of hydrogen-bond acceptors (Lipinski definition) is 6. The molecule has 21 heavy (non-hydrogen) atoms. The molecular weight excluding hydrogens is 284 g/mol. The molecule has 3 rings (SSSR count). The van der Waals surface area contributed by atoms with E-state index < -0.39 is 0 Å². The van der Waals surface area contributed by atoms with E-state index in [2.05, 4.69) is 37.9 Å². The number of imidazole rings is 1. The highest BCUT2D eigenvalue weighted by atomic mass is 32.1. The SMILES string of the molecule is CCNc1cn2ccnc2c(NCCc2nc(C)cs2)n1. The zero-order chi connectivity index (χ0) is 14.7. The summed E-state index contributed by atoms with van der Waals surface area (Å²) < 4.78 is 1.97. The fourth-order valence-electron chi connectivity index (χ4n) is 2.12. The number of aromatic nitrogens is 4. The Morgan fingerprint density at radius 2 is 2.19 bits per heavy atom. The van der Waals surface area contributed by atoms with Gasteiger partial charge in [0.1, 0.15) is 5.82 Å². The first-order chi connectivity index (χ1) is 10.3. The fraction of sp³-hybridized carbons (Fsp3) is 0.357. The maximum Gasteiger partial charge on any atom is 0.180 e. The van der Waals surface area contributed by atoms with Gasteiger partial charge in [-0.25, -0.2) is 15.0 Å². The Labute approximate surface area is 127 Å². The summed E-state index contributed by atoms with van der Waals surface area (Å²) in [5.74, 6) is 1.64. The molecule has 0 atom stereocenters. The molecule has 0 fully saturated rings. The highest BCUT2D eigenvalue weighted by Crippen LogP contribution is 2.17. The lowest BCUT2D eigenvalue weighted by atomic mass is 10.4. The van der Waals surface area contributed by atoms with Gasteiger partial charge in [-0.1, -0.05) is 0 Å². The van der Waals surface area contributed by atoms with Crippen molar-refractivity contribution in [2.45, 2.75) is 20.3 Å². The quantitative estimate of drug-likeness (QED) is 0.732. The first kappa shape index (κ1) is 13.8. The van der Waals surface area contributed by atoms with Crippen molar-refractivity contribution in [2.24, 2.45) is 0 Å². The summed E-state index contributed by atoms with van der Waals surface area (Å²) in [6.07, 6.45) is 6.54.